The number of rotatable bonds is 7. The maximum atomic E-state index is 13.0. The first-order valence-corrected chi connectivity index (χ1v) is 12.5. The Morgan fingerprint density at radius 2 is 1.86 bits per heavy atom. The van der Waals surface area contributed by atoms with E-state index < -0.39 is 0 Å². The van der Waals surface area contributed by atoms with Crippen molar-refractivity contribution in [2.24, 2.45) is 0 Å². The number of nitrogens with zero attached hydrogens (tertiary/aromatic N) is 1. The summed E-state index contributed by atoms with van der Waals surface area (Å²) in [5.41, 5.74) is 3.42. The molecule has 1 atom stereocenters. The number of benzene rings is 3. The van der Waals surface area contributed by atoms with Crippen molar-refractivity contribution in [2.75, 3.05) is 11.9 Å². The van der Waals surface area contributed by atoms with E-state index >= 15 is 0 Å². The monoisotopic (exact) mass is 522 g/mol. The lowest BCUT2D eigenvalue weighted by molar-refractivity contribution is -0.123. The van der Waals surface area contributed by atoms with Gasteiger partial charge in [0.1, 0.15) is 10.1 Å². The first-order valence-electron chi connectivity index (χ1n) is 10.9. The molecule has 0 bridgehead atoms. The molecular weight excluding hydrogens is 500 g/mol. The fourth-order valence-corrected chi connectivity index (χ4v) is 5.12. The molecule has 1 saturated heterocycles. The van der Waals surface area contributed by atoms with Crippen LogP contribution in [0.15, 0.2) is 77.7 Å². The zero-order valence-electron chi connectivity index (χ0n) is 19.2. The Bertz CT molecular complexity index is 1290. The van der Waals surface area contributed by atoms with E-state index in [0.717, 1.165) is 16.7 Å². The maximum Gasteiger partial charge on any atom is 0.266 e. The van der Waals surface area contributed by atoms with E-state index in [4.69, 9.17) is 28.6 Å². The highest BCUT2D eigenvalue weighted by molar-refractivity contribution is 8.26. The van der Waals surface area contributed by atoms with Crippen LogP contribution in [0.2, 0.25) is 5.02 Å². The summed E-state index contributed by atoms with van der Waals surface area (Å²) in [6.07, 6.45) is 1.81. The average molecular weight is 523 g/mol. The fourth-order valence-electron chi connectivity index (χ4n) is 3.52. The molecule has 178 valence electrons. The number of anilines is 1. The van der Waals surface area contributed by atoms with Crippen molar-refractivity contribution in [3.05, 3.63) is 99.4 Å². The summed E-state index contributed by atoms with van der Waals surface area (Å²) in [6.45, 7) is 3.73. The molecule has 0 saturated carbocycles. The molecule has 1 aliphatic heterocycles. The Morgan fingerprint density at radius 1 is 1.14 bits per heavy atom. The van der Waals surface area contributed by atoms with Crippen LogP contribution in [0.5, 0.6) is 5.75 Å². The molecule has 3 aromatic carbocycles. The number of aryl methyl sites for hydroxylation is 1. The van der Waals surface area contributed by atoms with Crippen molar-refractivity contribution >= 4 is 63.5 Å². The normalized spacial score (nSPS) is 15.4. The van der Waals surface area contributed by atoms with Gasteiger partial charge in [-0.2, -0.15) is 0 Å². The standard InChI is InChI=1S/C27H23ClN2O3S2/c1-17-8-11-21(15-23(17)28)29-25(31)16-33-22-12-9-19(10-13-22)14-24-26(32)30(27(34)35-24)18(2)20-6-4-3-5-7-20/h3-15,18H,16H2,1-2H3,(H,29,31)/b24-14-/t18-/m1/s1. The van der Waals surface area contributed by atoms with Gasteiger partial charge < -0.3 is 10.1 Å². The van der Waals surface area contributed by atoms with Gasteiger partial charge in [0, 0.05) is 10.7 Å². The van der Waals surface area contributed by atoms with Gasteiger partial charge in [-0.15, -0.1) is 0 Å². The Labute approximate surface area is 219 Å². The van der Waals surface area contributed by atoms with Gasteiger partial charge in [0.25, 0.3) is 11.8 Å². The van der Waals surface area contributed by atoms with Crippen molar-refractivity contribution in [3.63, 3.8) is 0 Å². The number of nitrogens with one attached hydrogen (secondary N) is 1. The number of halogens is 1. The predicted octanol–water partition coefficient (Wildman–Crippen LogP) is 6.63. The first kappa shape index (κ1) is 25.0. The van der Waals surface area contributed by atoms with Gasteiger partial charge in [0.05, 0.1) is 10.9 Å². The fraction of sp³-hybridized carbons (Fsp3) is 0.148. The van der Waals surface area contributed by atoms with Gasteiger partial charge in [-0.1, -0.05) is 84.1 Å². The quantitative estimate of drug-likeness (QED) is 0.279. The van der Waals surface area contributed by atoms with Crippen LogP contribution in [0.25, 0.3) is 6.08 Å². The SMILES string of the molecule is Cc1ccc(NC(=O)COc2ccc(/C=C3\SC(=S)N([C@H](C)c4ccccc4)C3=O)cc2)cc1Cl. The van der Waals surface area contributed by atoms with Gasteiger partial charge in [-0.3, -0.25) is 14.5 Å². The summed E-state index contributed by atoms with van der Waals surface area (Å²) in [5.74, 6) is 0.152. The molecule has 1 heterocycles. The van der Waals surface area contributed by atoms with Gasteiger partial charge in [0.15, 0.2) is 6.61 Å². The van der Waals surface area contributed by atoms with Gasteiger partial charge in [-0.05, 0) is 60.9 Å². The Morgan fingerprint density at radius 3 is 2.54 bits per heavy atom. The lowest BCUT2D eigenvalue weighted by Gasteiger charge is -2.23. The molecule has 2 amide bonds. The number of amides is 2. The van der Waals surface area contributed by atoms with Crippen LogP contribution in [0.1, 0.15) is 29.7 Å². The van der Waals surface area contributed by atoms with E-state index in [-0.39, 0.29) is 24.5 Å². The van der Waals surface area contributed by atoms with Crippen molar-refractivity contribution in [1.29, 1.82) is 0 Å². The minimum atomic E-state index is -0.287. The minimum absolute atomic E-state index is 0.107. The largest absolute Gasteiger partial charge is 0.484 e. The molecule has 0 aromatic heterocycles. The van der Waals surface area contributed by atoms with Crippen molar-refractivity contribution in [3.8, 4) is 5.75 Å². The molecule has 1 aliphatic rings. The summed E-state index contributed by atoms with van der Waals surface area (Å²) in [5, 5.41) is 3.35. The summed E-state index contributed by atoms with van der Waals surface area (Å²) >= 11 is 12.9. The van der Waals surface area contributed by atoms with Crippen LogP contribution in [-0.4, -0.2) is 27.6 Å². The van der Waals surface area contributed by atoms with Gasteiger partial charge >= 0.3 is 0 Å². The number of thioether (sulfide) groups is 1. The van der Waals surface area contributed by atoms with Crippen LogP contribution >= 0.6 is 35.6 Å². The second-order valence-electron chi connectivity index (χ2n) is 8.01. The summed E-state index contributed by atoms with van der Waals surface area (Å²) in [7, 11) is 0. The highest BCUT2D eigenvalue weighted by Crippen LogP contribution is 2.38. The smallest absolute Gasteiger partial charge is 0.266 e. The van der Waals surface area contributed by atoms with Crippen molar-refractivity contribution in [1.82, 2.24) is 4.90 Å². The van der Waals surface area contributed by atoms with Gasteiger partial charge in [0.2, 0.25) is 0 Å². The summed E-state index contributed by atoms with van der Waals surface area (Å²) in [4.78, 5) is 27.5. The molecule has 0 spiro atoms. The summed E-state index contributed by atoms with van der Waals surface area (Å²) < 4.78 is 6.13. The first-order chi connectivity index (χ1) is 16.8. The van der Waals surface area contributed by atoms with E-state index in [1.807, 2.05) is 68.5 Å². The van der Waals surface area contributed by atoms with E-state index in [0.29, 0.717) is 25.7 Å². The lowest BCUT2D eigenvalue weighted by Crippen LogP contribution is -2.30. The molecule has 35 heavy (non-hydrogen) atoms. The van der Waals surface area contributed by atoms with Crippen LogP contribution in [0.4, 0.5) is 5.69 Å². The molecule has 3 aromatic rings. The van der Waals surface area contributed by atoms with Crippen LogP contribution in [0, 0.1) is 6.92 Å². The van der Waals surface area contributed by atoms with Crippen molar-refractivity contribution in [2.45, 2.75) is 19.9 Å². The molecule has 1 fully saturated rings. The second-order valence-corrected chi connectivity index (χ2v) is 10.1. The molecule has 8 heteroatoms. The zero-order valence-corrected chi connectivity index (χ0v) is 21.5. The third kappa shape index (κ3) is 6.11. The molecule has 0 unspecified atom stereocenters. The van der Waals surface area contributed by atoms with E-state index in [1.54, 1.807) is 29.2 Å². The Hall–Kier alpha value is -3.13. The third-order valence-electron chi connectivity index (χ3n) is 5.50. The molecule has 0 radical (unpaired) electrons. The highest BCUT2D eigenvalue weighted by Gasteiger charge is 2.35. The average Bonchev–Trinajstić information content (AvgIpc) is 3.13. The second kappa shape index (κ2) is 11.1. The number of hydrogen-bond acceptors (Lipinski definition) is 5. The number of carbonyl (C=O) groups is 2. The minimum Gasteiger partial charge on any atom is -0.484 e. The van der Waals surface area contributed by atoms with Gasteiger partial charge in [-0.25, -0.2) is 0 Å². The number of hydrogen-bond donors (Lipinski definition) is 1. The summed E-state index contributed by atoms with van der Waals surface area (Å²) in [6, 6.07) is 22.2. The Kier molecular flexibility index (Phi) is 7.90. The van der Waals surface area contributed by atoms with Crippen molar-refractivity contribution < 1.29 is 14.3 Å². The molecule has 0 aliphatic carbocycles. The molecule has 5 nitrogen and oxygen atoms in total. The predicted molar refractivity (Wildman–Crippen MR) is 147 cm³/mol. The number of ether oxygens (including phenoxy) is 1. The number of carbonyl (C=O) groups excluding carboxylic acids is 2. The lowest BCUT2D eigenvalue weighted by atomic mass is 10.1. The van der Waals surface area contributed by atoms with Crippen LogP contribution < -0.4 is 10.1 Å². The number of thiocarbonyl (C=S) groups is 1. The molecule has 4 rings (SSSR count). The topological polar surface area (TPSA) is 58.6 Å². The van der Waals surface area contributed by atoms with E-state index in [2.05, 4.69) is 5.32 Å². The van der Waals surface area contributed by atoms with E-state index in [9.17, 15) is 9.59 Å². The zero-order chi connectivity index (χ0) is 24.9. The molecular formula is C27H23ClN2O3S2. The third-order valence-corrected chi connectivity index (χ3v) is 7.23. The van der Waals surface area contributed by atoms with Crippen LogP contribution in [-0.2, 0) is 9.59 Å². The maximum absolute atomic E-state index is 13.0. The highest BCUT2D eigenvalue weighted by atomic mass is 35.5. The van der Waals surface area contributed by atoms with E-state index in [1.165, 1.54) is 11.8 Å². The van der Waals surface area contributed by atoms with Crippen LogP contribution in [0.3, 0.4) is 0 Å². The molecule has 1 N–H and O–H groups in total. The Balaban J connectivity index is 1.35.